The first kappa shape index (κ1) is 14.6. The normalized spacial score (nSPS) is 11.0. The molecule has 0 aliphatic rings. The minimum absolute atomic E-state index is 0.112. The van der Waals surface area contributed by atoms with Crippen molar-refractivity contribution in [2.75, 3.05) is 5.43 Å². The van der Waals surface area contributed by atoms with E-state index in [1.807, 2.05) is 30.3 Å². The molecule has 0 amide bonds. The van der Waals surface area contributed by atoms with Gasteiger partial charge >= 0.3 is 5.97 Å². The van der Waals surface area contributed by atoms with Crippen molar-refractivity contribution in [2.45, 2.75) is 0 Å². The molecule has 0 fully saturated rings. The second kappa shape index (κ2) is 6.19. The number of nitrogens with zero attached hydrogens (tertiary/aromatic N) is 1. The van der Waals surface area contributed by atoms with Gasteiger partial charge in [0.1, 0.15) is 5.75 Å². The fourth-order valence-electron chi connectivity index (χ4n) is 2.35. The Labute approximate surface area is 132 Å². The monoisotopic (exact) mass is 306 g/mol. The van der Waals surface area contributed by atoms with E-state index in [9.17, 15) is 9.90 Å². The highest BCUT2D eigenvalue weighted by Crippen LogP contribution is 2.25. The maximum absolute atomic E-state index is 11.2. The van der Waals surface area contributed by atoms with E-state index in [0.717, 1.165) is 10.8 Å². The summed E-state index contributed by atoms with van der Waals surface area (Å²) in [6, 6.07) is 17.6. The van der Waals surface area contributed by atoms with Crippen LogP contribution in [-0.2, 0) is 0 Å². The quantitative estimate of drug-likeness (QED) is 0.507. The number of nitrogens with one attached hydrogen (secondary N) is 1. The number of carboxylic acids is 1. The average Bonchev–Trinajstić information content (AvgIpc) is 2.57. The topological polar surface area (TPSA) is 81.9 Å². The van der Waals surface area contributed by atoms with Crippen LogP contribution in [0.25, 0.3) is 10.8 Å². The molecule has 0 saturated heterocycles. The van der Waals surface area contributed by atoms with Crippen LogP contribution in [0.1, 0.15) is 15.9 Å². The zero-order valence-electron chi connectivity index (χ0n) is 12.1. The number of aromatic carboxylic acids is 1. The van der Waals surface area contributed by atoms with E-state index in [2.05, 4.69) is 10.5 Å². The summed E-state index contributed by atoms with van der Waals surface area (Å²) in [4.78, 5) is 11.2. The van der Waals surface area contributed by atoms with Gasteiger partial charge < -0.3 is 10.2 Å². The van der Waals surface area contributed by atoms with Crippen LogP contribution in [0.3, 0.4) is 0 Å². The summed E-state index contributed by atoms with van der Waals surface area (Å²) in [6.07, 6.45) is 1.48. The number of para-hydroxylation sites is 1. The smallest absolute Gasteiger partial charge is 0.337 e. The Bertz CT molecular complexity index is 904. The SMILES string of the molecule is O=C(O)c1ccccc1NN=Cc1c(O)ccc2ccccc12. The second-order valence-electron chi connectivity index (χ2n) is 4.94. The standard InChI is InChI=1S/C18H14N2O3/c21-17-10-9-12-5-1-2-6-13(12)15(17)11-19-20-16-8-4-3-7-14(16)18(22)23/h1-11,20-21H,(H,22,23). The van der Waals surface area contributed by atoms with E-state index in [0.29, 0.717) is 11.3 Å². The lowest BCUT2D eigenvalue weighted by Crippen LogP contribution is -2.02. The molecule has 0 aliphatic carbocycles. The Morgan fingerprint density at radius 1 is 1.00 bits per heavy atom. The summed E-state index contributed by atoms with van der Waals surface area (Å²) in [5, 5.41) is 25.1. The minimum Gasteiger partial charge on any atom is -0.507 e. The van der Waals surface area contributed by atoms with Gasteiger partial charge in [-0.15, -0.1) is 0 Å². The van der Waals surface area contributed by atoms with Crippen molar-refractivity contribution in [1.29, 1.82) is 0 Å². The Morgan fingerprint density at radius 2 is 1.74 bits per heavy atom. The summed E-state index contributed by atoms with van der Waals surface area (Å²) in [7, 11) is 0. The van der Waals surface area contributed by atoms with Crippen LogP contribution in [0.4, 0.5) is 5.69 Å². The van der Waals surface area contributed by atoms with E-state index < -0.39 is 5.97 Å². The van der Waals surface area contributed by atoms with Crippen LogP contribution in [0.5, 0.6) is 5.75 Å². The first-order valence-electron chi connectivity index (χ1n) is 6.99. The number of phenolic OH excluding ortho intramolecular Hbond substituents is 1. The Kier molecular flexibility index (Phi) is 3.93. The minimum atomic E-state index is -1.03. The largest absolute Gasteiger partial charge is 0.507 e. The summed E-state index contributed by atoms with van der Waals surface area (Å²) in [5.41, 5.74) is 3.80. The van der Waals surface area contributed by atoms with Gasteiger partial charge in [-0.2, -0.15) is 5.10 Å². The van der Waals surface area contributed by atoms with Gasteiger partial charge in [-0.3, -0.25) is 5.43 Å². The number of hydrogen-bond acceptors (Lipinski definition) is 4. The fraction of sp³-hybridized carbons (Fsp3) is 0. The summed E-state index contributed by atoms with van der Waals surface area (Å²) >= 11 is 0. The molecule has 3 rings (SSSR count). The maximum atomic E-state index is 11.2. The van der Waals surface area contributed by atoms with Gasteiger partial charge in [-0.25, -0.2) is 4.79 Å². The van der Waals surface area contributed by atoms with Crippen molar-refractivity contribution in [2.24, 2.45) is 5.10 Å². The van der Waals surface area contributed by atoms with Gasteiger partial charge in [0.15, 0.2) is 0 Å². The number of hydrazone groups is 1. The van der Waals surface area contributed by atoms with Crippen LogP contribution in [0.2, 0.25) is 0 Å². The van der Waals surface area contributed by atoms with Crippen molar-refractivity contribution < 1.29 is 15.0 Å². The average molecular weight is 306 g/mol. The predicted molar refractivity (Wildman–Crippen MR) is 90.2 cm³/mol. The molecule has 0 unspecified atom stereocenters. The molecule has 5 heteroatoms. The number of fused-ring (bicyclic) bond motifs is 1. The molecule has 0 radical (unpaired) electrons. The summed E-state index contributed by atoms with van der Waals surface area (Å²) in [6.45, 7) is 0. The highest BCUT2D eigenvalue weighted by Gasteiger charge is 2.08. The molecule has 0 atom stereocenters. The number of benzene rings is 3. The number of phenols is 1. The van der Waals surface area contributed by atoms with E-state index in [4.69, 9.17) is 5.11 Å². The predicted octanol–water partition coefficient (Wildman–Crippen LogP) is 3.69. The van der Waals surface area contributed by atoms with E-state index in [-0.39, 0.29) is 11.3 Å². The van der Waals surface area contributed by atoms with Gasteiger partial charge in [-0.1, -0.05) is 42.5 Å². The Balaban J connectivity index is 1.93. The van der Waals surface area contributed by atoms with E-state index in [1.165, 1.54) is 12.3 Å². The maximum Gasteiger partial charge on any atom is 0.337 e. The molecule has 0 aromatic heterocycles. The lowest BCUT2D eigenvalue weighted by Gasteiger charge is -2.06. The second-order valence-corrected chi connectivity index (χ2v) is 4.94. The van der Waals surface area contributed by atoms with Crippen LogP contribution in [0.15, 0.2) is 65.8 Å². The number of aromatic hydroxyl groups is 1. The highest BCUT2D eigenvalue weighted by molar-refractivity contribution is 6.02. The third kappa shape index (κ3) is 2.98. The van der Waals surface area contributed by atoms with Crippen molar-refractivity contribution in [1.82, 2.24) is 0 Å². The molecule has 114 valence electrons. The number of rotatable bonds is 4. The molecule has 5 nitrogen and oxygen atoms in total. The molecule has 0 heterocycles. The molecule has 23 heavy (non-hydrogen) atoms. The Morgan fingerprint density at radius 3 is 2.57 bits per heavy atom. The van der Waals surface area contributed by atoms with Crippen LogP contribution in [0, 0.1) is 0 Å². The van der Waals surface area contributed by atoms with E-state index in [1.54, 1.807) is 24.3 Å². The number of hydrogen-bond donors (Lipinski definition) is 3. The number of anilines is 1. The van der Waals surface area contributed by atoms with E-state index >= 15 is 0 Å². The van der Waals surface area contributed by atoms with Gasteiger partial charge in [0.25, 0.3) is 0 Å². The van der Waals surface area contributed by atoms with Crippen LogP contribution in [-0.4, -0.2) is 22.4 Å². The molecular formula is C18H14N2O3. The molecule has 0 aliphatic heterocycles. The van der Waals surface area contributed by atoms with Gasteiger partial charge in [0.05, 0.1) is 17.5 Å². The zero-order valence-corrected chi connectivity index (χ0v) is 12.1. The van der Waals surface area contributed by atoms with Crippen LogP contribution < -0.4 is 5.43 Å². The molecule has 0 spiro atoms. The van der Waals surface area contributed by atoms with Crippen molar-refractivity contribution in [3.05, 3.63) is 71.8 Å². The number of carboxylic acid groups (broad SMARTS) is 1. The molecule has 3 aromatic rings. The third-order valence-electron chi connectivity index (χ3n) is 3.48. The zero-order chi connectivity index (χ0) is 16.2. The molecule has 0 saturated carbocycles. The lowest BCUT2D eigenvalue weighted by atomic mass is 10.0. The van der Waals surface area contributed by atoms with Gasteiger partial charge in [-0.05, 0) is 29.0 Å². The van der Waals surface area contributed by atoms with Gasteiger partial charge in [0.2, 0.25) is 0 Å². The highest BCUT2D eigenvalue weighted by atomic mass is 16.4. The summed E-state index contributed by atoms with van der Waals surface area (Å²) in [5.74, 6) is -0.919. The molecule has 3 N–H and O–H groups in total. The molecule has 0 bridgehead atoms. The third-order valence-corrected chi connectivity index (χ3v) is 3.48. The lowest BCUT2D eigenvalue weighted by molar-refractivity contribution is 0.0698. The first-order chi connectivity index (χ1) is 11.2. The van der Waals surface area contributed by atoms with Crippen molar-refractivity contribution in [3.63, 3.8) is 0 Å². The number of carbonyl (C=O) groups is 1. The van der Waals surface area contributed by atoms with Crippen LogP contribution >= 0.6 is 0 Å². The van der Waals surface area contributed by atoms with Crippen molar-refractivity contribution >= 4 is 28.6 Å². The fourth-order valence-corrected chi connectivity index (χ4v) is 2.35. The van der Waals surface area contributed by atoms with Crippen molar-refractivity contribution in [3.8, 4) is 5.75 Å². The molecular weight excluding hydrogens is 292 g/mol. The van der Waals surface area contributed by atoms with Gasteiger partial charge in [0, 0.05) is 5.56 Å². The summed E-state index contributed by atoms with van der Waals surface area (Å²) < 4.78 is 0. The molecule has 3 aromatic carbocycles. The Hall–Kier alpha value is -3.34. The first-order valence-corrected chi connectivity index (χ1v) is 6.99.